The van der Waals surface area contributed by atoms with Crippen molar-refractivity contribution in [2.75, 3.05) is 20.2 Å². The molecule has 1 aliphatic rings. The Kier molecular flexibility index (Phi) is 2.45. The molecule has 1 heterocycles. The Morgan fingerprint density at radius 2 is 2.31 bits per heavy atom. The Balaban J connectivity index is 2.80. The summed E-state index contributed by atoms with van der Waals surface area (Å²) in [6, 6.07) is 0. The fourth-order valence-corrected chi connectivity index (χ4v) is 1.42. The maximum atomic E-state index is 10.7. The Hall–Kier alpha value is -1.26. The first-order chi connectivity index (χ1) is 5.97. The summed E-state index contributed by atoms with van der Waals surface area (Å²) < 4.78 is 0. The third-order valence-electron chi connectivity index (χ3n) is 2.18. The lowest BCUT2D eigenvalue weighted by Gasteiger charge is -2.16. The highest BCUT2D eigenvalue weighted by Gasteiger charge is 2.38. The van der Waals surface area contributed by atoms with E-state index in [0.29, 0.717) is 13.1 Å². The van der Waals surface area contributed by atoms with Crippen molar-refractivity contribution < 1.29 is 14.7 Å². The molecule has 0 atom stereocenters. The van der Waals surface area contributed by atoms with E-state index in [1.54, 1.807) is 0 Å². The number of hydrogen-bond donors (Lipinski definition) is 1. The van der Waals surface area contributed by atoms with Gasteiger partial charge in [-0.25, -0.2) is 4.79 Å². The van der Waals surface area contributed by atoms with Crippen LogP contribution < -0.4 is 0 Å². The number of carboxylic acid groups (broad SMARTS) is 1. The van der Waals surface area contributed by atoms with E-state index < -0.39 is 6.09 Å². The molecule has 0 aromatic rings. The van der Waals surface area contributed by atoms with Crippen LogP contribution in [0.4, 0.5) is 4.79 Å². The predicted molar refractivity (Wildman–Crippen MR) is 47.8 cm³/mol. The van der Waals surface area contributed by atoms with Crippen LogP contribution >= 0.6 is 0 Å². The van der Waals surface area contributed by atoms with Crippen molar-refractivity contribution in [2.45, 2.75) is 13.8 Å². The van der Waals surface area contributed by atoms with Crippen molar-refractivity contribution in [1.29, 1.82) is 0 Å². The highest BCUT2D eigenvalue weighted by molar-refractivity contribution is 5.95. The summed E-state index contributed by atoms with van der Waals surface area (Å²) in [4.78, 5) is 16.7. The molecule has 1 amide bonds. The van der Waals surface area contributed by atoms with E-state index in [1.165, 1.54) is 12.0 Å². The van der Waals surface area contributed by atoms with Crippen molar-refractivity contribution in [3.8, 4) is 0 Å². The zero-order valence-corrected chi connectivity index (χ0v) is 8.07. The van der Waals surface area contributed by atoms with Crippen molar-refractivity contribution in [2.24, 2.45) is 10.6 Å². The zero-order chi connectivity index (χ0) is 10.1. The van der Waals surface area contributed by atoms with Crippen LogP contribution in [0.25, 0.3) is 0 Å². The van der Waals surface area contributed by atoms with Gasteiger partial charge < -0.3 is 14.8 Å². The van der Waals surface area contributed by atoms with Gasteiger partial charge in [0.15, 0.2) is 0 Å². The van der Waals surface area contributed by atoms with Crippen LogP contribution in [0.1, 0.15) is 13.8 Å². The monoisotopic (exact) mass is 186 g/mol. The van der Waals surface area contributed by atoms with Crippen LogP contribution in [0.15, 0.2) is 5.16 Å². The molecule has 0 saturated carbocycles. The van der Waals surface area contributed by atoms with Gasteiger partial charge >= 0.3 is 6.09 Å². The van der Waals surface area contributed by atoms with Crippen LogP contribution in [0.2, 0.25) is 0 Å². The van der Waals surface area contributed by atoms with Crippen LogP contribution in [-0.4, -0.2) is 42.0 Å². The topological polar surface area (TPSA) is 62.1 Å². The van der Waals surface area contributed by atoms with Gasteiger partial charge in [0.05, 0.1) is 12.3 Å². The Bertz CT molecular complexity index is 248. The molecule has 74 valence electrons. The minimum Gasteiger partial charge on any atom is -0.465 e. The molecule has 1 saturated heterocycles. The van der Waals surface area contributed by atoms with Gasteiger partial charge in [-0.1, -0.05) is 19.0 Å². The molecule has 5 nitrogen and oxygen atoms in total. The van der Waals surface area contributed by atoms with E-state index in [2.05, 4.69) is 9.99 Å². The number of hydrogen-bond acceptors (Lipinski definition) is 3. The second-order valence-corrected chi connectivity index (χ2v) is 3.74. The molecule has 0 spiro atoms. The lowest BCUT2D eigenvalue weighted by Crippen LogP contribution is -2.28. The third-order valence-corrected chi connectivity index (χ3v) is 2.18. The summed E-state index contributed by atoms with van der Waals surface area (Å²) in [6.45, 7) is 4.72. The third kappa shape index (κ3) is 1.91. The smallest absolute Gasteiger partial charge is 0.407 e. The maximum Gasteiger partial charge on any atom is 0.407 e. The minimum atomic E-state index is -0.908. The van der Waals surface area contributed by atoms with Crippen molar-refractivity contribution >= 4 is 11.8 Å². The molecule has 0 unspecified atom stereocenters. The summed E-state index contributed by atoms with van der Waals surface area (Å²) in [5.41, 5.74) is 0.561. The molecule has 0 aromatic heterocycles. The van der Waals surface area contributed by atoms with E-state index >= 15 is 0 Å². The molecule has 0 radical (unpaired) electrons. The maximum absolute atomic E-state index is 10.7. The van der Waals surface area contributed by atoms with Gasteiger partial charge in [0, 0.05) is 12.0 Å². The summed E-state index contributed by atoms with van der Waals surface area (Å²) in [5, 5.41) is 12.6. The summed E-state index contributed by atoms with van der Waals surface area (Å²) in [7, 11) is 1.46. The molecular weight excluding hydrogens is 172 g/mol. The van der Waals surface area contributed by atoms with Crippen LogP contribution in [0.5, 0.6) is 0 Å². The van der Waals surface area contributed by atoms with Gasteiger partial charge in [-0.2, -0.15) is 0 Å². The van der Waals surface area contributed by atoms with E-state index in [0.717, 1.165) is 5.71 Å². The van der Waals surface area contributed by atoms with Crippen LogP contribution in [-0.2, 0) is 4.84 Å². The Labute approximate surface area is 77.0 Å². The van der Waals surface area contributed by atoms with Crippen LogP contribution in [0.3, 0.4) is 0 Å². The number of rotatable bonds is 1. The predicted octanol–water partition coefficient (Wildman–Crippen LogP) is 1.01. The summed E-state index contributed by atoms with van der Waals surface area (Å²) in [6.07, 6.45) is -0.908. The van der Waals surface area contributed by atoms with Gasteiger partial charge in [-0.05, 0) is 0 Å². The van der Waals surface area contributed by atoms with Gasteiger partial charge in [-0.15, -0.1) is 0 Å². The van der Waals surface area contributed by atoms with Gasteiger partial charge in [0.1, 0.15) is 7.11 Å². The highest BCUT2D eigenvalue weighted by Crippen LogP contribution is 2.26. The second kappa shape index (κ2) is 3.24. The van der Waals surface area contributed by atoms with E-state index in [1.807, 2.05) is 13.8 Å². The van der Waals surface area contributed by atoms with Crippen molar-refractivity contribution in [3.05, 3.63) is 0 Å². The average Bonchev–Trinajstić information content (AvgIpc) is 2.28. The van der Waals surface area contributed by atoms with Crippen molar-refractivity contribution in [3.63, 3.8) is 0 Å². The number of amides is 1. The lowest BCUT2D eigenvalue weighted by atomic mass is 9.91. The normalized spacial score (nSPS) is 23.6. The zero-order valence-electron chi connectivity index (χ0n) is 8.07. The van der Waals surface area contributed by atoms with E-state index in [9.17, 15) is 4.79 Å². The molecule has 0 aromatic carbocycles. The molecule has 1 aliphatic heterocycles. The van der Waals surface area contributed by atoms with Gasteiger partial charge in [0.25, 0.3) is 0 Å². The molecule has 1 rings (SSSR count). The first kappa shape index (κ1) is 9.83. The molecule has 0 bridgehead atoms. The lowest BCUT2D eigenvalue weighted by molar-refractivity contribution is 0.151. The quantitative estimate of drug-likeness (QED) is 0.621. The summed E-state index contributed by atoms with van der Waals surface area (Å²) >= 11 is 0. The first-order valence-electron chi connectivity index (χ1n) is 4.06. The molecule has 1 N–H and O–H groups in total. The van der Waals surface area contributed by atoms with E-state index in [-0.39, 0.29) is 5.41 Å². The average molecular weight is 186 g/mol. The molecule has 5 heteroatoms. The van der Waals surface area contributed by atoms with E-state index in [4.69, 9.17) is 5.11 Å². The van der Waals surface area contributed by atoms with Crippen LogP contribution in [0, 0.1) is 5.41 Å². The first-order valence-corrected chi connectivity index (χ1v) is 4.06. The second-order valence-electron chi connectivity index (χ2n) is 3.74. The summed E-state index contributed by atoms with van der Waals surface area (Å²) in [5.74, 6) is 0. The van der Waals surface area contributed by atoms with Gasteiger partial charge in [-0.3, -0.25) is 0 Å². The fraction of sp³-hybridized carbons (Fsp3) is 0.750. The molecule has 13 heavy (non-hydrogen) atoms. The minimum absolute atomic E-state index is 0.214. The largest absolute Gasteiger partial charge is 0.465 e. The number of nitrogens with zero attached hydrogens (tertiary/aromatic N) is 2. The molecule has 1 fully saturated rings. The highest BCUT2D eigenvalue weighted by atomic mass is 16.6. The fourth-order valence-electron chi connectivity index (χ4n) is 1.42. The SMILES string of the molecule is CON=C1CN(C(=O)O)CC1(C)C. The number of oxime groups is 1. The molecule has 0 aliphatic carbocycles. The number of likely N-dealkylation sites (tertiary alicyclic amines) is 1. The Morgan fingerprint density at radius 3 is 2.69 bits per heavy atom. The Morgan fingerprint density at radius 1 is 1.69 bits per heavy atom. The molecular formula is C8H14N2O3. The van der Waals surface area contributed by atoms with Crippen molar-refractivity contribution in [1.82, 2.24) is 4.90 Å². The number of carbonyl (C=O) groups is 1. The van der Waals surface area contributed by atoms with Gasteiger partial charge in [0.2, 0.25) is 0 Å². The standard InChI is InChI=1S/C8H14N2O3/c1-8(2)5-10(7(11)12)4-6(8)9-13-3/h4-5H2,1-3H3,(H,11,12).